The number of esters is 1. The van der Waals surface area contributed by atoms with Crippen molar-refractivity contribution in [2.24, 2.45) is 5.73 Å². The maximum atomic E-state index is 14.6. The zero-order valence-corrected chi connectivity index (χ0v) is 16.0. The largest absolute Gasteiger partial charge is 0.463 e. The molecule has 0 saturated carbocycles. The standard InChI is InChI=1S/C20H17F2NO3.CH4N2/c1-3-25-19(24)7-5-15-14-8-9-23-18(14)11-17(22)20(15)26-13-4-6-16(21)12(2)10-13;2-1-3/h4-11,23H,3H2,1-2H3;1H,(H3,2,3)/b7-5+;. The maximum Gasteiger partial charge on any atom is 0.330 e. The van der Waals surface area contributed by atoms with E-state index in [1.54, 1.807) is 26.1 Å². The highest BCUT2D eigenvalue weighted by Crippen LogP contribution is 2.35. The van der Waals surface area contributed by atoms with Gasteiger partial charge in [-0.1, -0.05) is 0 Å². The number of ether oxygens (including phenoxy) is 2. The van der Waals surface area contributed by atoms with Gasteiger partial charge in [0.2, 0.25) is 0 Å². The minimum Gasteiger partial charge on any atom is -0.463 e. The summed E-state index contributed by atoms with van der Waals surface area (Å²) in [6.45, 7) is 3.53. The molecule has 0 aliphatic heterocycles. The van der Waals surface area contributed by atoms with Gasteiger partial charge in [-0.2, -0.15) is 0 Å². The first-order valence-electron chi connectivity index (χ1n) is 8.70. The minimum atomic E-state index is -0.606. The Labute approximate surface area is 166 Å². The average molecular weight is 401 g/mol. The second-order valence-corrected chi connectivity index (χ2v) is 5.81. The van der Waals surface area contributed by atoms with Gasteiger partial charge in [0.15, 0.2) is 11.6 Å². The highest BCUT2D eigenvalue weighted by Gasteiger charge is 2.16. The number of aromatic amines is 1. The normalized spacial score (nSPS) is 10.5. The van der Waals surface area contributed by atoms with E-state index in [1.807, 2.05) is 0 Å². The molecule has 8 heteroatoms. The summed E-state index contributed by atoms with van der Waals surface area (Å²) in [6.07, 6.45) is 5.08. The predicted octanol–water partition coefficient (Wildman–Crippen LogP) is 4.68. The van der Waals surface area contributed by atoms with Gasteiger partial charge >= 0.3 is 5.97 Å². The Morgan fingerprint density at radius 2 is 1.97 bits per heavy atom. The quantitative estimate of drug-likeness (QED) is 0.250. The fraction of sp³-hybridized carbons (Fsp3) is 0.143. The van der Waals surface area contributed by atoms with Crippen molar-refractivity contribution in [1.29, 1.82) is 5.41 Å². The number of H-pyrrole nitrogens is 1. The zero-order valence-electron chi connectivity index (χ0n) is 16.0. The lowest BCUT2D eigenvalue weighted by Crippen LogP contribution is -1.99. The van der Waals surface area contributed by atoms with E-state index in [4.69, 9.17) is 14.9 Å². The summed E-state index contributed by atoms with van der Waals surface area (Å²) >= 11 is 0. The summed E-state index contributed by atoms with van der Waals surface area (Å²) in [5.74, 6) is -1.28. The van der Waals surface area contributed by atoms with Gasteiger partial charge in [-0.05, 0) is 49.8 Å². The van der Waals surface area contributed by atoms with Crippen LogP contribution in [0.2, 0.25) is 0 Å². The highest BCUT2D eigenvalue weighted by molar-refractivity contribution is 5.96. The molecular formula is C21H21F2N3O3. The molecule has 0 radical (unpaired) electrons. The molecule has 0 saturated heterocycles. The first kappa shape index (κ1) is 21.6. The smallest absolute Gasteiger partial charge is 0.330 e. The number of nitrogens with two attached hydrogens (primary N) is 1. The fourth-order valence-corrected chi connectivity index (χ4v) is 2.59. The Morgan fingerprint density at radius 1 is 1.24 bits per heavy atom. The van der Waals surface area contributed by atoms with Crippen LogP contribution in [0.4, 0.5) is 8.78 Å². The third kappa shape index (κ3) is 5.41. The summed E-state index contributed by atoms with van der Waals surface area (Å²) in [4.78, 5) is 14.6. The number of hydrogen-bond acceptors (Lipinski definition) is 4. The molecule has 0 aliphatic carbocycles. The van der Waals surface area contributed by atoms with Gasteiger partial charge in [-0.3, -0.25) is 5.41 Å². The third-order valence-corrected chi connectivity index (χ3v) is 3.82. The van der Waals surface area contributed by atoms with Gasteiger partial charge < -0.3 is 20.2 Å². The van der Waals surface area contributed by atoms with Crippen molar-refractivity contribution < 1.29 is 23.0 Å². The zero-order chi connectivity index (χ0) is 21.4. The van der Waals surface area contributed by atoms with E-state index in [1.165, 1.54) is 36.4 Å². The van der Waals surface area contributed by atoms with Crippen molar-refractivity contribution in [2.45, 2.75) is 13.8 Å². The Kier molecular flexibility index (Phi) is 7.47. The summed E-state index contributed by atoms with van der Waals surface area (Å²) in [6, 6.07) is 7.22. The van der Waals surface area contributed by atoms with Crippen LogP contribution < -0.4 is 10.5 Å². The molecule has 1 heterocycles. The topological polar surface area (TPSA) is 101 Å². The van der Waals surface area contributed by atoms with E-state index in [9.17, 15) is 13.6 Å². The lowest BCUT2D eigenvalue weighted by molar-refractivity contribution is -0.137. The molecule has 6 nitrogen and oxygen atoms in total. The van der Waals surface area contributed by atoms with Crippen molar-refractivity contribution in [3.05, 3.63) is 65.4 Å². The average Bonchev–Trinajstić information content (AvgIpc) is 3.13. The number of hydrogen-bond donors (Lipinski definition) is 3. The monoisotopic (exact) mass is 401 g/mol. The summed E-state index contributed by atoms with van der Waals surface area (Å²) in [5, 5.41) is 6.54. The number of carbonyl (C=O) groups excluding carboxylic acids is 1. The number of fused-ring (bicyclic) bond motifs is 1. The van der Waals surface area contributed by atoms with Crippen LogP contribution in [-0.2, 0) is 9.53 Å². The maximum absolute atomic E-state index is 14.6. The molecule has 3 rings (SSSR count). The van der Waals surface area contributed by atoms with Crippen LogP contribution in [0.5, 0.6) is 11.5 Å². The highest BCUT2D eigenvalue weighted by atomic mass is 19.1. The third-order valence-electron chi connectivity index (χ3n) is 3.82. The van der Waals surface area contributed by atoms with E-state index in [2.05, 4.69) is 10.7 Å². The molecule has 29 heavy (non-hydrogen) atoms. The Hall–Kier alpha value is -3.68. The summed E-state index contributed by atoms with van der Waals surface area (Å²) in [5.41, 5.74) is 5.72. The van der Waals surface area contributed by atoms with Crippen LogP contribution in [0.3, 0.4) is 0 Å². The van der Waals surface area contributed by atoms with E-state index in [0.29, 0.717) is 27.8 Å². The molecule has 4 N–H and O–H groups in total. The minimum absolute atomic E-state index is 0.0522. The van der Waals surface area contributed by atoms with E-state index in [0.717, 1.165) is 6.34 Å². The van der Waals surface area contributed by atoms with Gasteiger partial charge in [-0.25, -0.2) is 13.6 Å². The summed E-state index contributed by atoms with van der Waals surface area (Å²) < 4.78 is 38.6. The van der Waals surface area contributed by atoms with Crippen molar-refractivity contribution in [1.82, 2.24) is 4.98 Å². The molecule has 0 atom stereocenters. The number of benzene rings is 2. The van der Waals surface area contributed by atoms with Crippen molar-refractivity contribution in [3.63, 3.8) is 0 Å². The van der Waals surface area contributed by atoms with Crippen molar-refractivity contribution >= 4 is 29.3 Å². The number of nitrogens with one attached hydrogen (secondary N) is 2. The molecule has 0 fully saturated rings. The van der Waals surface area contributed by atoms with Gasteiger partial charge in [0.1, 0.15) is 11.6 Å². The van der Waals surface area contributed by atoms with E-state index < -0.39 is 11.8 Å². The van der Waals surface area contributed by atoms with Crippen LogP contribution in [0.25, 0.3) is 17.0 Å². The van der Waals surface area contributed by atoms with Gasteiger partial charge in [0, 0.05) is 34.8 Å². The molecule has 1 aromatic heterocycles. The lowest BCUT2D eigenvalue weighted by Gasteiger charge is -2.12. The number of rotatable bonds is 5. The number of carbonyl (C=O) groups is 1. The molecule has 2 aromatic carbocycles. The Balaban J connectivity index is 0.000000941. The lowest BCUT2D eigenvalue weighted by atomic mass is 10.1. The molecule has 152 valence electrons. The van der Waals surface area contributed by atoms with Crippen LogP contribution in [-0.4, -0.2) is 23.9 Å². The van der Waals surface area contributed by atoms with E-state index in [-0.39, 0.29) is 18.2 Å². The van der Waals surface area contributed by atoms with Gasteiger partial charge in [0.25, 0.3) is 0 Å². The molecule has 3 aromatic rings. The summed E-state index contributed by atoms with van der Waals surface area (Å²) in [7, 11) is 0. The Bertz CT molecular complexity index is 1050. The molecule has 0 spiro atoms. The molecule has 0 aliphatic rings. The van der Waals surface area contributed by atoms with Gasteiger partial charge in [-0.15, -0.1) is 0 Å². The second-order valence-electron chi connectivity index (χ2n) is 5.81. The fourth-order valence-electron chi connectivity index (χ4n) is 2.59. The molecule has 0 amide bonds. The van der Waals surface area contributed by atoms with Crippen LogP contribution >= 0.6 is 0 Å². The predicted molar refractivity (Wildman–Crippen MR) is 108 cm³/mol. The number of aromatic nitrogens is 1. The first-order chi connectivity index (χ1) is 13.9. The van der Waals surface area contributed by atoms with E-state index >= 15 is 0 Å². The van der Waals surface area contributed by atoms with Crippen molar-refractivity contribution in [3.8, 4) is 11.5 Å². The molecule has 0 bridgehead atoms. The molecule has 0 unspecified atom stereocenters. The number of halogens is 2. The molecular weight excluding hydrogens is 380 g/mol. The second kappa shape index (κ2) is 10.0. The SMILES string of the molecule is CCOC(=O)/C=C/c1c(Oc2ccc(F)c(C)c2)c(F)cc2[nH]ccc12.N=CN. The first-order valence-corrected chi connectivity index (χ1v) is 8.70. The van der Waals surface area contributed by atoms with Crippen LogP contribution in [0, 0.1) is 24.0 Å². The Morgan fingerprint density at radius 3 is 2.62 bits per heavy atom. The number of aryl methyl sites for hydroxylation is 1. The van der Waals surface area contributed by atoms with Crippen LogP contribution in [0.1, 0.15) is 18.1 Å². The van der Waals surface area contributed by atoms with Crippen LogP contribution in [0.15, 0.2) is 42.6 Å². The van der Waals surface area contributed by atoms with Crippen molar-refractivity contribution in [2.75, 3.05) is 6.61 Å². The van der Waals surface area contributed by atoms with Gasteiger partial charge in [0.05, 0.1) is 12.9 Å².